The molecule has 45 heavy (non-hydrogen) atoms. The summed E-state index contributed by atoms with van der Waals surface area (Å²) in [5.41, 5.74) is 3.51. The molecule has 3 amide bonds. The third-order valence-corrected chi connectivity index (χ3v) is 9.38. The molecule has 1 aliphatic carbocycles. The summed E-state index contributed by atoms with van der Waals surface area (Å²) in [4.78, 5) is 28.0. The Morgan fingerprint density at radius 1 is 0.889 bits per heavy atom. The molecule has 9 nitrogen and oxygen atoms in total. The van der Waals surface area contributed by atoms with Crippen LogP contribution in [-0.2, 0) is 27.4 Å². The van der Waals surface area contributed by atoms with Gasteiger partial charge in [-0.3, -0.25) is 9.69 Å². The minimum atomic E-state index is -0.578. The van der Waals surface area contributed by atoms with Crippen molar-refractivity contribution in [2.75, 3.05) is 13.1 Å². The molecule has 246 valence electrons. The molecule has 0 bridgehead atoms. The number of likely N-dealkylation sites (tertiary alicyclic amines) is 1. The van der Waals surface area contributed by atoms with Crippen molar-refractivity contribution >= 4 is 11.9 Å². The summed E-state index contributed by atoms with van der Waals surface area (Å²) in [5.74, 6) is 0.735. The molecule has 3 fully saturated rings. The number of hydrogen-bond donors (Lipinski definition) is 4. The van der Waals surface area contributed by atoms with E-state index in [-0.39, 0.29) is 42.3 Å². The minimum Gasteiger partial charge on any atom is -0.392 e. The number of fused-ring (bicyclic) bond motifs is 1. The molecule has 2 aromatic carbocycles. The zero-order chi connectivity index (χ0) is 32.0. The zero-order valence-corrected chi connectivity index (χ0v) is 27.4. The van der Waals surface area contributed by atoms with Crippen molar-refractivity contribution in [3.8, 4) is 0 Å². The molecule has 1 saturated carbocycles. The fraction of sp³-hybridized carbons (Fsp3) is 0.611. The van der Waals surface area contributed by atoms with Gasteiger partial charge in [0.15, 0.2) is 6.29 Å². The van der Waals surface area contributed by atoms with Gasteiger partial charge in [-0.15, -0.1) is 0 Å². The molecule has 0 spiro atoms. The summed E-state index contributed by atoms with van der Waals surface area (Å²) in [7, 11) is 0. The Labute approximate surface area is 268 Å². The van der Waals surface area contributed by atoms with E-state index in [1.165, 1.54) is 19.3 Å². The Bertz CT molecular complexity index is 1260. The second-order valence-corrected chi connectivity index (χ2v) is 13.9. The first kappa shape index (κ1) is 33.4. The minimum absolute atomic E-state index is 0.00297. The van der Waals surface area contributed by atoms with E-state index in [1.807, 2.05) is 76.2 Å². The number of hydrogen-bond acceptors (Lipinski definition) is 6. The molecule has 5 rings (SSSR count). The van der Waals surface area contributed by atoms with Crippen molar-refractivity contribution in [1.82, 2.24) is 20.9 Å². The van der Waals surface area contributed by atoms with E-state index in [2.05, 4.69) is 20.9 Å². The fourth-order valence-electron chi connectivity index (χ4n) is 7.19. The van der Waals surface area contributed by atoms with Gasteiger partial charge in [-0.25, -0.2) is 4.79 Å². The van der Waals surface area contributed by atoms with Crippen molar-refractivity contribution in [3.05, 3.63) is 70.8 Å². The van der Waals surface area contributed by atoms with Crippen molar-refractivity contribution in [1.29, 1.82) is 0 Å². The van der Waals surface area contributed by atoms with Gasteiger partial charge in [-0.2, -0.15) is 0 Å². The van der Waals surface area contributed by atoms with Gasteiger partial charge >= 0.3 is 6.03 Å². The highest BCUT2D eigenvalue weighted by atomic mass is 16.7. The standard InChI is InChI=1S/C36H52N4O5/c1-5-37-35(43)38-21-24-10-16-28(17-11-24)34-44-29(20-32(45-34)27-14-12-25(23-41)13-15-27)22-40-30-9-7-6-8-26(30)18-19-31(40)33(42)39-36(2,3)4/h10-17,26,29-32,34,41H,5-9,18-23H2,1-4H3,(H,39,42)(H2,37,38,43). The van der Waals surface area contributed by atoms with Crippen LogP contribution in [0.4, 0.5) is 4.79 Å². The molecule has 4 N–H and O–H groups in total. The number of amides is 3. The molecule has 0 radical (unpaired) electrons. The van der Waals surface area contributed by atoms with Gasteiger partial charge in [0.1, 0.15) is 0 Å². The van der Waals surface area contributed by atoms with Crippen LogP contribution < -0.4 is 16.0 Å². The van der Waals surface area contributed by atoms with E-state index < -0.39 is 6.29 Å². The molecule has 3 aliphatic rings. The van der Waals surface area contributed by atoms with Crippen LogP contribution in [0.1, 0.15) is 107 Å². The number of aliphatic hydroxyl groups is 1. The lowest BCUT2D eigenvalue weighted by atomic mass is 9.75. The first-order valence-corrected chi connectivity index (χ1v) is 16.8. The number of ether oxygens (including phenoxy) is 2. The predicted molar refractivity (Wildman–Crippen MR) is 174 cm³/mol. The number of rotatable bonds is 9. The monoisotopic (exact) mass is 620 g/mol. The second-order valence-electron chi connectivity index (χ2n) is 13.9. The maximum atomic E-state index is 13.7. The van der Waals surface area contributed by atoms with E-state index in [0.29, 0.717) is 38.0 Å². The topological polar surface area (TPSA) is 112 Å². The van der Waals surface area contributed by atoms with Crippen LogP contribution in [0.25, 0.3) is 0 Å². The lowest BCUT2D eigenvalue weighted by Crippen LogP contribution is -2.61. The number of aliphatic hydroxyl groups excluding tert-OH is 1. The van der Waals surface area contributed by atoms with E-state index in [9.17, 15) is 14.7 Å². The number of benzene rings is 2. The number of nitrogens with zero attached hydrogens (tertiary/aromatic N) is 1. The van der Waals surface area contributed by atoms with Crippen LogP contribution >= 0.6 is 0 Å². The van der Waals surface area contributed by atoms with E-state index >= 15 is 0 Å². The summed E-state index contributed by atoms with van der Waals surface area (Å²) in [6.07, 6.45) is 6.53. The molecule has 6 unspecified atom stereocenters. The maximum absolute atomic E-state index is 13.7. The van der Waals surface area contributed by atoms with E-state index in [0.717, 1.165) is 41.5 Å². The summed E-state index contributed by atoms with van der Waals surface area (Å²) in [6.45, 7) is 9.69. The largest absolute Gasteiger partial charge is 0.392 e. The molecule has 2 saturated heterocycles. The maximum Gasteiger partial charge on any atom is 0.315 e. The average molecular weight is 621 g/mol. The van der Waals surface area contributed by atoms with Crippen LogP contribution in [0.15, 0.2) is 48.5 Å². The first-order valence-electron chi connectivity index (χ1n) is 16.8. The number of nitrogens with one attached hydrogen (secondary N) is 3. The highest BCUT2D eigenvalue weighted by molar-refractivity contribution is 5.82. The molecule has 9 heteroatoms. The average Bonchev–Trinajstić information content (AvgIpc) is 3.03. The number of urea groups is 1. The molecular weight excluding hydrogens is 568 g/mol. The van der Waals surface area contributed by atoms with Gasteiger partial charge in [0.2, 0.25) is 5.91 Å². The molecular formula is C36H52N4O5. The smallest absolute Gasteiger partial charge is 0.315 e. The Balaban J connectivity index is 1.38. The summed E-state index contributed by atoms with van der Waals surface area (Å²) >= 11 is 0. The second kappa shape index (κ2) is 15.1. The highest BCUT2D eigenvalue weighted by Crippen LogP contribution is 2.42. The molecule has 2 aliphatic heterocycles. The lowest BCUT2D eigenvalue weighted by Gasteiger charge is -2.50. The molecule has 2 aromatic rings. The Morgan fingerprint density at radius 2 is 1.58 bits per heavy atom. The lowest BCUT2D eigenvalue weighted by molar-refractivity contribution is -0.255. The fourth-order valence-corrected chi connectivity index (χ4v) is 7.19. The Kier molecular flexibility index (Phi) is 11.2. The molecule has 6 atom stereocenters. The first-order chi connectivity index (χ1) is 21.6. The number of carbonyl (C=O) groups excluding carboxylic acids is 2. The van der Waals surface area contributed by atoms with Crippen LogP contribution in [0, 0.1) is 5.92 Å². The van der Waals surface area contributed by atoms with Crippen LogP contribution in [-0.4, -0.2) is 58.8 Å². The summed E-state index contributed by atoms with van der Waals surface area (Å²) in [6, 6.07) is 16.0. The summed E-state index contributed by atoms with van der Waals surface area (Å²) < 4.78 is 13.3. The van der Waals surface area contributed by atoms with E-state index in [4.69, 9.17) is 9.47 Å². The number of carbonyl (C=O) groups is 2. The van der Waals surface area contributed by atoms with Gasteiger partial charge in [0.05, 0.1) is 24.9 Å². The zero-order valence-electron chi connectivity index (χ0n) is 27.4. The third kappa shape index (κ3) is 8.85. The Hall–Kier alpha value is -2.98. The van der Waals surface area contributed by atoms with Crippen LogP contribution in [0.3, 0.4) is 0 Å². The van der Waals surface area contributed by atoms with Gasteiger partial charge in [-0.1, -0.05) is 61.4 Å². The van der Waals surface area contributed by atoms with Crippen LogP contribution in [0.5, 0.6) is 0 Å². The SMILES string of the molecule is CCNC(=O)NCc1ccc(C2OC(CN3C(C(=O)NC(C)(C)C)CCC4CCCCC43)CC(c3ccc(CO)cc3)O2)cc1. The molecule has 2 heterocycles. The van der Waals surface area contributed by atoms with Gasteiger partial charge in [0.25, 0.3) is 0 Å². The van der Waals surface area contributed by atoms with Gasteiger partial charge < -0.3 is 30.5 Å². The number of piperidine rings is 1. The van der Waals surface area contributed by atoms with Crippen molar-refractivity contribution in [2.24, 2.45) is 5.92 Å². The summed E-state index contributed by atoms with van der Waals surface area (Å²) in [5, 5.41) is 18.5. The third-order valence-electron chi connectivity index (χ3n) is 9.38. The predicted octanol–water partition coefficient (Wildman–Crippen LogP) is 5.48. The van der Waals surface area contributed by atoms with Crippen molar-refractivity contribution < 1.29 is 24.2 Å². The highest BCUT2D eigenvalue weighted by Gasteiger charge is 2.44. The Morgan fingerprint density at radius 3 is 2.27 bits per heavy atom. The van der Waals surface area contributed by atoms with Gasteiger partial charge in [-0.05, 0) is 76.0 Å². The van der Waals surface area contributed by atoms with Crippen LogP contribution in [0.2, 0.25) is 0 Å². The van der Waals surface area contributed by atoms with Crippen molar-refractivity contribution in [3.63, 3.8) is 0 Å². The van der Waals surface area contributed by atoms with Crippen molar-refractivity contribution in [2.45, 2.75) is 122 Å². The normalized spacial score (nSPS) is 27.3. The van der Waals surface area contributed by atoms with Gasteiger partial charge in [0, 0.05) is 43.2 Å². The molecule has 0 aromatic heterocycles. The quantitative estimate of drug-likeness (QED) is 0.295. The van der Waals surface area contributed by atoms with E-state index in [1.54, 1.807) is 0 Å².